The van der Waals surface area contributed by atoms with E-state index in [0.29, 0.717) is 0 Å². The average molecular weight is 315 g/mol. The van der Waals surface area contributed by atoms with Gasteiger partial charge in [0.15, 0.2) is 6.61 Å². The number of hydrogen-bond donors (Lipinski definition) is 0. The second-order valence-corrected chi connectivity index (χ2v) is 6.28. The number of nitrogens with zero attached hydrogens (tertiary/aromatic N) is 1. The highest BCUT2D eigenvalue weighted by atomic mass is 16.5. The average Bonchev–Trinajstić information content (AvgIpc) is 2.52. The summed E-state index contributed by atoms with van der Waals surface area (Å²) in [7, 11) is 0. The Bertz CT molecular complexity index is 567. The van der Waals surface area contributed by atoms with Gasteiger partial charge in [-0.1, -0.05) is 29.8 Å². The lowest BCUT2D eigenvalue weighted by molar-refractivity contribution is -0.151. The maximum Gasteiger partial charge on any atom is 0.331 e. The molecular formula is C19H25NO3. The van der Waals surface area contributed by atoms with E-state index in [2.05, 4.69) is 0 Å². The van der Waals surface area contributed by atoms with Crippen molar-refractivity contribution in [1.82, 2.24) is 4.90 Å². The Morgan fingerprint density at radius 2 is 1.78 bits per heavy atom. The molecule has 4 heteroatoms. The smallest absolute Gasteiger partial charge is 0.331 e. The Hall–Kier alpha value is -2.10. The number of amides is 1. The summed E-state index contributed by atoms with van der Waals surface area (Å²) in [5, 5.41) is 0. The van der Waals surface area contributed by atoms with Gasteiger partial charge < -0.3 is 9.64 Å². The molecule has 1 aromatic rings. The van der Waals surface area contributed by atoms with Gasteiger partial charge in [-0.05, 0) is 51.7 Å². The van der Waals surface area contributed by atoms with Crippen molar-refractivity contribution < 1.29 is 14.3 Å². The molecule has 1 saturated heterocycles. The monoisotopic (exact) mass is 315 g/mol. The minimum absolute atomic E-state index is 0.109. The summed E-state index contributed by atoms with van der Waals surface area (Å²) in [6.07, 6.45) is 6.22. The summed E-state index contributed by atoms with van der Waals surface area (Å²) in [4.78, 5) is 25.9. The molecule has 1 aliphatic heterocycles. The van der Waals surface area contributed by atoms with Gasteiger partial charge in [0.2, 0.25) is 0 Å². The van der Waals surface area contributed by atoms with Crippen molar-refractivity contribution >= 4 is 18.0 Å². The lowest BCUT2D eigenvalue weighted by Gasteiger charge is -2.38. The van der Waals surface area contributed by atoms with Crippen molar-refractivity contribution in [1.29, 1.82) is 0 Å². The number of rotatable bonds is 4. The van der Waals surface area contributed by atoms with Crippen LogP contribution < -0.4 is 0 Å². The summed E-state index contributed by atoms with van der Waals surface area (Å²) in [5.41, 5.74) is 2.09. The predicted octanol–water partition coefficient (Wildman–Crippen LogP) is 3.34. The van der Waals surface area contributed by atoms with Crippen molar-refractivity contribution in [2.24, 2.45) is 0 Å². The SMILES string of the molecule is Cc1ccc(/C=C/C(=O)OCC(=O)N2C(C)CCCC2C)cc1. The number of ether oxygens (including phenoxy) is 1. The van der Waals surface area contributed by atoms with Gasteiger partial charge in [0.05, 0.1) is 0 Å². The molecule has 1 heterocycles. The number of likely N-dealkylation sites (tertiary alicyclic amines) is 1. The first-order valence-electron chi connectivity index (χ1n) is 8.20. The van der Waals surface area contributed by atoms with Gasteiger partial charge >= 0.3 is 5.97 Å². The number of carbonyl (C=O) groups excluding carboxylic acids is 2. The molecule has 0 saturated carbocycles. The fourth-order valence-electron chi connectivity index (χ4n) is 3.01. The Morgan fingerprint density at radius 1 is 1.17 bits per heavy atom. The van der Waals surface area contributed by atoms with Gasteiger partial charge in [0.1, 0.15) is 0 Å². The van der Waals surface area contributed by atoms with Gasteiger partial charge in [0, 0.05) is 18.2 Å². The molecule has 0 aromatic heterocycles. The second-order valence-electron chi connectivity index (χ2n) is 6.28. The van der Waals surface area contributed by atoms with Crippen LogP contribution in [0.1, 0.15) is 44.2 Å². The van der Waals surface area contributed by atoms with Crippen LogP contribution in [0.15, 0.2) is 30.3 Å². The van der Waals surface area contributed by atoms with E-state index < -0.39 is 5.97 Å². The zero-order chi connectivity index (χ0) is 16.8. The molecule has 2 rings (SSSR count). The van der Waals surface area contributed by atoms with Crippen molar-refractivity contribution in [3.8, 4) is 0 Å². The van der Waals surface area contributed by atoms with Crippen LogP contribution in [0.4, 0.5) is 0 Å². The third-order valence-corrected chi connectivity index (χ3v) is 4.31. The van der Waals surface area contributed by atoms with Crippen molar-refractivity contribution in [3.05, 3.63) is 41.5 Å². The number of carbonyl (C=O) groups is 2. The molecule has 124 valence electrons. The number of benzene rings is 1. The van der Waals surface area contributed by atoms with Crippen LogP contribution >= 0.6 is 0 Å². The van der Waals surface area contributed by atoms with E-state index in [4.69, 9.17) is 4.74 Å². The van der Waals surface area contributed by atoms with Crippen LogP contribution in [0, 0.1) is 6.92 Å². The summed E-state index contributed by atoms with van der Waals surface area (Å²) in [5.74, 6) is -0.599. The maximum atomic E-state index is 12.3. The second kappa shape index (κ2) is 7.95. The van der Waals surface area contributed by atoms with E-state index in [1.165, 1.54) is 11.6 Å². The lowest BCUT2D eigenvalue weighted by atomic mass is 9.97. The van der Waals surface area contributed by atoms with E-state index in [0.717, 1.165) is 24.8 Å². The first kappa shape index (κ1) is 17.3. The molecular weight excluding hydrogens is 290 g/mol. The lowest BCUT2D eigenvalue weighted by Crippen LogP contribution is -2.49. The summed E-state index contributed by atoms with van der Waals surface area (Å²) < 4.78 is 5.08. The van der Waals surface area contributed by atoms with Gasteiger partial charge in [-0.3, -0.25) is 4.79 Å². The molecule has 4 nitrogen and oxygen atoms in total. The van der Waals surface area contributed by atoms with Crippen LogP contribution in [-0.4, -0.2) is 35.5 Å². The first-order valence-corrected chi connectivity index (χ1v) is 8.20. The van der Waals surface area contributed by atoms with Gasteiger partial charge in [-0.25, -0.2) is 4.79 Å². The molecule has 1 fully saturated rings. The Morgan fingerprint density at radius 3 is 2.39 bits per heavy atom. The molecule has 2 atom stereocenters. The molecule has 0 N–H and O–H groups in total. The molecule has 0 radical (unpaired) electrons. The van der Waals surface area contributed by atoms with Crippen LogP contribution in [0.25, 0.3) is 6.08 Å². The molecule has 0 aliphatic carbocycles. The molecule has 0 spiro atoms. The highest BCUT2D eigenvalue weighted by Gasteiger charge is 2.29. The summed E-state index contributed by atoms with van der Waals surface area (Å²) >= 11 is 0. The molecule has 1 aromatic carbocycles. The minimum Gasteiger partial charge on any atom is -0.452 e. The molecule has 0 bridgehead atoms. The quantitative estimate of drug-likeness (QED) is 0.632. The zero-order valence-electron chi connectivity index (χ0n) is 14.1. The third kappa shape index (κ3) is 4.95. The number of esters is 1. The van der Waals surface area contributed by atoms with E-state index in [-0.39, 0.29) is 24.6 Å². The van der Waals surface area contributed by atoms with Crippen LogP contribution in [0.2, 0.25) is 0 Å². The van der Waals surface area contributed by atoms with E-state index >= 15 is 0 Å². The van der Waals surface area contributed by atoms with Gasteiger partial charge in [0.25, 0.3) is 5.91 Å². The molecule has 1 aliphatic rings. The van der Waals surface area contributed by atoms with Crippen LogP contribution in [-0.2, 0) is 14.3 Å². The molecule has 1 amide bonds. The number of aryl methyl sites for hydroxylation is 1. The maximum absolute atomic E-state index is 12.3. The summed E-state index contributed by atoms with van der Waals surface area (Å²) in [6.45, 7) is 5.92. The fourth-order valence-corrected chi connectivity index (χ4v) is 3.01. The van der Waals surface area contributed by atoms with Crippen LogP contribution in [0.5, 0.6) is 0 Å². The Kier molecular flexibility index (Phi) is 5.97. The highest BCUT2D eigenvalue weighted by Crippen LogP contribution is 2.22. The largest absolute Gasteiger partial charge is 0.452 e. The van der Waals surface area contributed by atoms with Gasteiger partial charge in [-0.2, -0.15) is 0 Å². The molecule has 23 heavy (non-hydrogen) atoms. The zero-order valence-corrected chi connectivity index (χ0v) is 14.1. The topological polar surface area (TPSA) is 46.6 Å². The van der Waals surface area contributed by atoms with Gasteiger partial charge in [-0.15, -0.1) is 0 Å². The Balaban J connectivity index is 1.83. The third-order valence-electron chi connectivity index (χ3n) is 4.31. The first-order chi connectivity index (χ1) is 11.0. The van der Waals surface area contributed by atoms with Crippen LogP contribution in [0.3, 0.4) is 0 Å². The fraction of sp³-hybridized carbons (Fsp3) is 0.474. The van der Waals surface area contributed by atoms with E-state index in [1.807, 2.05) is 49.9 Å². The van der Waals surface area contributed by atoms with Crippen molar-refractivity contribution in [3.63, 3.8) is 0 Å². The Labute approximate surface area is 138 Å². The predicted molar refractivity (Wildman–Crippen MR) is 90.8 cm³/mol. The minimum atomic E-state index is -0.490. The van der Waals surface area contributed by atoms with E-state index in [9.17, 15) is 9.59 Å². The highest BCUT2D eigenvalue weighted by molar-refractivity contribution is 5.89. The van der Waals surface area contributed by atoms with Crippen molar-refractivity contribution in [2.75, 3.05) is 6.61 Å². The number of hydrogen-bond acceptors (Lipinski definition) is 3. The normalized spacial score (nSPS) is 21.4. The standard InChI is InChI=1S/C19H25NO3/c1-14-7-9-17(10-8-14)11-12-19(22)23-13-18(21)20-15(2)5-4-6-16(20)3/h7-12,15-16H,4-6,13H2,1-3H3/b12-11+. The van der Waals surface area contributed by atoms with E-state index in [1.54, 1.807) is 6.08 Å². The molecule has 2 unspecified atom stereocenters. The van der Waals surface area contributed by atoms with Crippen molar-refractivity contribution in [2.45, 2.75) is 52.1 Å². The number of piperidine rings is 1. The summed E-state index contributed by atoms with van der Waals surface area (Å²) in [6, 6.07) is 8.26.